The van der Waals surface area contributed by atoms with E-state index in [-0.39, 0.29) is 5.69 Å². The summed E-state index contributed by atoms with van der Waals surface area (Å²) in [5, 5.41) is 10.5. The third-order valence-electron chi connectivity index (χ3n) is 1.89. The Bertz CT molecular complexity index is 415. The van der Waals surface area contributed by atoms with Crippen LogP contribution in [0.15, 0.2) is 17.1 Å². The predicted octanol–water partition coefficient (Wildman–Crippen LogP) is 1.67. The van der Waals surface area contributed by atoms with Crippen molar-refractivity contribution in [2.75, 3.05) is 0 Å². The Hall–Kier alpha value is -1.78. The van der Waals surface area contributed by atoms with Gasteiger partial charge in [-0.05, 0) is 11.6 Å². The van der Waals surface area contributed by atoms with Crippen LogP contribution in [0.4, 0.5) is 10.1 Å². The van der Waals surface area contributed by atoms with E-state index in [0.717, 1.165) is 6.07 Å². The Kier molecular flexibility index (Phi) is 1.58. The molecule has 0 saturated heterocycles. The van der Waals surface area contributed by atoms with Crippen LogP contribution in [-0.2, 0) is 6.54 Å². The molecule has 0 aromatic heterocycles. The number of hydrogen-bond donors (Lipinski definition) is 0. The summed E-state index contributed by atoms with van der Waals surface area (Å²) < 4.78 is 12.8. The number of nitrogens with zero attached hydrogens (tertiary/aromatic N) is 2. The lowest BCUT2D eigenvalue weighted by Crippen LogP contribution is -1.96. The first-order valence-corrected chi connectivity index (χ1v) is 3.65. The van der Waals surface area contributed by atoms with Gasteiger partial charge < -0.3 is 0 Å². The van der Waals surface area contributed by atoms with Gasteiger partial charge in [-0.1, -0.05) is 0 Å². The molecule has 0 saturated carbocycles. The van der Waals surface area contributed by atoms with Crippen LogP contribution in [0.3, 0.4) is 0 Å². The Labute approximate surface area is 72.9 Å². The average molecular weight is 180 g/mol. The molecule has 0 aliphatic carbocycles. The van der Waals surface area contributed by atoms with Crippen molar-refractivity contribution >= 4 is 11.9 Å². The minimum Gasteiger partial charge on any atom is -0.288 e. The van der Waals surface area contributed by atoms with Gasteiger partial charge in [0.15, 0.2) is 0 Å². The zero-order valence-corrected chi connectivity index (χ0v) is 6.53. The van der Waals surface area contributed by atoms with Gasteiger partial charge in [-0.25, -0.2) is 4.39 Å². The van der Waals surface area contributed by atoms with Crippen LogP contribution in [0, 0.1) is 15.9 Å². The molecule has 1 aliphatic rings. The average Bonchev–Trinajstić information content (AvgIpc) is 2.49. The summed E-state index contributed by atoms with van der Waals surface area (Å²) in [5.74, 6) is -0.587. The molecule has 1 aromatic rings. The minimum atomic E-state index is -0.598. The van der Waals surface area contributed by atoms with Crippen molar-refractivity contribution in [2.24, 2.45) is 4.99 Å². The fourth-order valence-corrected chi connectivity index (χ4v) is 1.32. The van der Waals surface area contributed by atoms with E-state index in [1.807, 2.05) is 0 Å². The lowest BCUT2D eigenvalue weighted by molar-refractivity contribution is -0.385. The van der Waals surface area contributed by atoms with Crippen molar-refractivity contribution in [1.82, 2.24) is 0 Å². The third kappa shape index (κ3) is 1.18. The minimum absolute atomic E-state index is 0.212. The maximum atomic E-state index is 12.8. The summed E-state index contributed by atoms with van der Waals surface area (Å²) >= 11 is 0. The van der Waals surface area contributed by atoms with E-state index in [1.54, 1.807) is 0 Å². The van der Waals surface area contributed by atoms with E-state index in [1.165, 1.54) is 12.3 Å². The van der Waals surface area contributed by atoms with Crippen LogP contribution in [0.1, 0.15) is 11.1 Å². The van der Waals surface area contributed by atoms with Gasteiger partial charge in [-0.2, -0.15) is 0 Å². The number of nitro groups is 1. The molecule has 0 fully saturated rings. The Morgan fingerprint density at radius 1 is 1.54 bits per heavy atom. The second-order valence-electron chi connectivity index (χ2n) is 2.72. The molecule has 0 unspecified atom stereocenters. The van der Waals surface area contributed by atoms with E-state index < -0.39 is 10.7 Å². The first-order chi connectivity index (χ1) is 6.18. The first-order valence-electron chi connectivity index (χ1n) is 3.65. The lowest BCUT2D eigenvalue weighted by atomic mass is 10.1. The predicted molar refractivity (Wildman–Crippen MR) is 44.4 cm³/mol. The van der Waals surface area contributed by atoms with Crippen molar-refractivity contribution in [3.05, 3.63) is 39.2 Å². The van der Waals surface area contributed by atoms with Gasteiger partial charge in [0.2, 0.25) is 0 Å². The summed E-state index contributed by atoms with van der Waals surface area (Å²) in [6, 6.07) is 2.19. The number of benzene rings is 1. The second kappa shape index (κ2) is 2.62. The highest BCUT2D eigenvalue weighted by Gasteiger charge is 2.20. The monoisotopic (exact) mass is 180 g/mol. The molecular weight excluding hydrogens is 175 g/mol. The van der Waals surface area contributed by atoms with Crippen LogP contribution < -0.4 is 0 Å². The fourth-order valence-electron chi connectivity index (χ4n) is 1.32. The number of nitro benzene ring substituents is 1. The topological polar surface area (TPSA) is 55.5 Å². The molecule has 0 spiro atoms. The standard InChI is InChI=1S/C8H5FN2O2/c9-6-1-5-3-10-4-7(5)8(2-6)11(12)13/h1-2,4H,3H2. The zero-order valence-electron chi connectivity index (χ0n) is 6.53. The smallest absolute Gasteiger partial charge is 0.281 e. The van der Waals surface area contributed by atoms with Gasteiger partial charge in [0, 0.05) is 6.21 Å². The molecule has 5 heteroatoms. The summed E-state index contributed by atoms with van der Waals surface area (Å²) in [7, 11) is 0. The molecule has 1 aromatic carbocycles. The Morgan fingerprint density at radius 3 is 3.00 bits per heavy atom. The third-order valence-corrected chi connectivity index (χ3v) is 1.89. The number of aliphatic imine (C=N–C) groups is 1. The number of fused-ring (bicyclic) bond motifs is 1. The fraction of sp³-hybridized carbons (Fsp3) is 0.125. The molecule has 0 atom stereocenters. The largest absolute Gasteiger partial charge is 0.288 e. The number of hydrogen-bond acceptors (Lipinski definition) is 3. The molecular formula is C8H5FN2O2. The van der Waals surface area contributed by atoms with Gasteiger partial charge in [0.05, 0.1) is 23.1 Å². The molecule has 0 N–H and O–H groups in total. The highest BCUT2D eigenvalue weighted by molar-refractivity contribution is 5.89. The molecule has 0 radical (unpaired) electrons. The summed E-state index contributed by atoms with van der Waals surface area (Å²) in [5.41, 5.74) is 0.786. The Morgan fingerprint density at radius 2 is 2.31 bits per heavy atom. The van der Waals surface area contributed by atoms with Crippen LogP contribution in [0.5, 0.6) is 0 Å². The maximum Gasteiger partial charge on any atom is 0.281 e. The SMILES string of the molecule is O=[N+]([O-])c1cc(F)cc2c1C=NC2. The highest BCUT2D eigenvalue weighted by atomic mass is 19.1. The summed E-state index contributed by atoms with van der Waals surface area (Å²) in [4.78, 5) is 13.7. The molecule has 1 aliphatic heterocycles. The van der Waals surface area contributed by atoms with Gasteiger partial charge in [-0.15, -0.1) is 0 Å². The molecule has 4 nitrogen and oxygen atoms in total. The first kappa shape index (κ1) is 7.85. The zero-order chi connectivity index (χ0) is 9.42. The summed E-state index contributed by atoms with van der Waals surface area (Å²) in [6.07, 6.45) is 1.41. The van der Waals surface area contributed by atoms with Crippen LogP contribution >= 0.6 is 0 Å². The van der Waals surface area contributed by atoms with Crippen molar-refractivity contribution in [3.8, 4) is 0 Å². The highest BCUT2D eigenvalue weighted by Crippen LogP contribution is 2.26. The second-order valence-corrected chi connectivity index (χ2v) is 2.72. The van der Waals surface area contributed by atoms with Gasteiger partial charge in [-0.3, -0.25) is 15.1 Å². The molecule has 66 valence electrons. The van der Waals surface area contributed by atoms with E-state index >= 15 is 0 Å². The van der Waals surface area contributed by atoms with Gasteiger partial charge in [0.25, 0.3) is 5.69 Å². The van der Waals surface area contributed by atoms with E-state index in [4.69, 9.17) is 0 Å². The molecule has 0 amide bonds. The van der Waals surface area contributed by atoms with Crippen molar-refractivity contribution < 1.29 is 9.31 Å². The van der Waals surface area contributed by atoms with E-state index in [9.17, 15) is 14.5 Å². The number of rotatable bonds is 1. The van der Waals surface area contributed by atoms with Crippen molar-refractivity contribution in [1.29, 1.82) is 0 Å². The lowest BCUT2D eigenvalue weighted by Gasteiger charge is -1.98. The van der Waals surface area contributed by atoms with Crippen LogP contribution in [-0.4, -0.2) is 11.1 Å². The van der Waals surface area contributed by atoms with E-state index in [0.29, 0.717) is 17.7 Å². The molecule has 0 bridgehead atoms. The van der Waals surface area contributed by atoms with Crippen molar-refractivity contribution in [2.45, 2.75) is 6.54 Å². The van der Waals surface area contributed by atoms with Crippen LogP contribution in [0.25, 0.3) is 0 Å². The van der Waals surface area contributed by atoms with Crippen molar-refractivity contribution in [3.63, 3.8) is 0 Å². The maximum absolute atomic E-state index is 12.8. The molecule has 1 heterocycles. The quantitative estimate of drug-likeness (QED) is 0.487. The Balaban J connectivity index is 2.67. The van der Waals surface area contributed by atoms with E-state index in [2.05, 4.69) is 4.99 Å². The normalized spacial score (nSPS) is 13.0. The van der Waals surface area contributed by atoms with Crippen LogP contribution in [0.2, 0.25) is 0 Å². The molecule has 2 rings (SSSR count). The summed E-state index contributed by atoms with van der Waals surface area (Å²) in [6.45, 7) is 0.327. The number of halogens is 1. The van der Waals surface area contributed by atoms with Gasteiger partial charge >= 0.3 is 0 Å². The molecule has 13 heavy (non-hydrogen) atoms. The van der Waals surface area contributed by atoms with Gasteiger partial charge in [0.1, 0.15) is 5.82 Å².